The van der Waals surface area contributed by atoms with Crippen molar-refractivity contribution < 1.29 is 9.53 Å². The predicted molar refractivity (Wildman–Crippen MR) is 151 cm³/mol. The second-order valence-corrected chi connectivity index (χ2v) is 11.4. The summed E-state index contributed by atoms with van der Waals surface area (Å²) in [5.74, 6) is 0. The van der Waals surface area contributed by atoms with Crippen LogP contribution in [0.2, 0.25) is 0 Å². The van der Waals surface area contributed by atoms with Crippen molar-refractivity contribution in [3.63, 3.8) is 0 Å². The second kappa shape index (κ2) is 9.35. The third-order valence-electron chi connectivity index (χ3n) is 6.57. The molecule has 4 aromatic rings. The van der Waals surface area contributed by atoms with Crippen molar-refractivity contribution in [1.29, 1.82) is 0 Å². The van der Waals surface area contributed by atoms with E-state index in [0.717, 1.165) is 50.8 Å². The number of carbonyl (C=O) groups is 1. The van der Waals surface area contributed by atoms with Gasteiger partial charge in [-0.1, -0.05) is 54.6 Å². The van der Waals surface area contributed by atoms with Crippen LogP contribution in [0.15, 0.2) is 71.7 Å². The maximum Gasteiger partial charge on any atom is 0.408 e. The van der Waals surface area contributed by atoms with E-state index in [0.29, 0.717) is 10.9 Å². The standard InChI is InChI=1S/C29H28IN3O3/c1-28(2,3)36-27(35)33-29(14-7-15-29)20-12-10-19(11-13-20)24-21(18-8-5-4-6-9-18)16-22-25(32-24)23(30)17-31-26(22)34/h4-6,8-13,16-17H,7,14-15H2,1-3H3,(H,31,34)(H,33,35). The Labute approximate surface area is 223 Å². The molecule has 1 saturated carbocycles. The molecule has 36 heavy (non-hydrogen) atoms. The number of carbonyl (C=O) groups excluding carboxylic acids is 1. The number of nitrogens with zero attached hydrogens (tertiary/aromatic N) is 1. The number of amides is 1. The highest BCUT2D eigenvalue weighted by atomic mass is 127. The van der Waals surface area contributed by atoms with Gasteiger partial charge in [-0.05, 0) is 79.8 Å². The van der Waals surface area contributed by atoms with Gasteiger partial charge in [-0.2, -0.15) is 0 Å². The Hall–Kier alpha value is -3.20. The molecular formula is C29H28IN3O3. The summed E-state index contributed by atoms with van der Waals surface area (Å²) >= 11 is 2.20. The largest absolute Gasteiger partial charge is 0.444 e. The van der Waals surface area contributed by atoms with Crippen LogP contribution < -0.4 is 10.9 Å². The van der Waals surface area contributed by atoms with Crippen LogP contribution in [0.5, 0.6) is 0 Å². The Balaban J connectivity index is 1.56. The van der Waals surface area contributed by atoms with E-state index in [2.05, 4.69) is 45.0 Å². The van der Waals surface area contributed by atoms with Gasteiger partial charge in [0.15, 0.2) is 0 Å². The van der Waals surface area contributed by atoms with E-state index in [1.54, 1.807) is 6.20 Å². The molecule has 5 rings (SSSR count). The van der Waals surface area contributed by atoms with Crippen molar-refractivity contribution >= 4 is 39.6 Å². The number of pyridine rings is 2. The lowest BCUT2D eigenvalue weighted by Crippen LogP contribution is -2.52. The molecule has 0 spiro atoms. The zero-order valence-corrected chi connectivity index (χ0v) is 22.7. The molecule has 1 aliphatic rings. The van der Waals surface area contributed by atoms with Gasteiger partial charge >= 0.3 is 6.09 Å². The first-order valence-electron chi connectivity index (χ1n) is 12.0. The van der Waals surface area contributed by atoms with Crippen LogP contribution in [-0.4, -0.2) is 21.7 Å². The molecule has 1 aliphatic carbocycles. The summed E-state index contributed by atoms with van der Waals surface area (Å²) in [7, 11) is 0. The minimum absolute atomic E-state index is 0.155. The third-order valence-corrected chi connectivity index (χ3v) is 7.39. The van der Waals surface area contributed by atoms with Crippen LogP contribution in [0.1, 0.15) is 45.6 Å². The van der Waals surface area contributed by atoms with E-state index in [4.69, 9.17) is 9.72 Å². The van der Waals surface area contributed by atoms with Crippen molar-refractivity contribution in [2.75, 3.05) is 0 Å². The predicted octanol–water partition coefficient (Wildman–Crippen LogP) is 6.77. The molecular weight excluding hydrogens is 565 g/mol. The molecule has 2 N–H and O–H groups in total. The van der Waals surface area contributed by atoms with Gasteiger partial charge in [0.2, 0.25) is 0 Å². The SMILES string of the molecule is CC(C)(C)OC(=O)NC1(c2ccc(-c3nc4c(I)c[nH]c(=O)c4cc3-c3ccccc3)cc2)CCC1. The summed E-state index contributed by atoms with van der Waals surface area (Å²) < 4.78 is 6.41. The van der Waals surface area contributed by atoms with E-state index >= 15 is 0 Å². The fourth-order valence-electron chi connectivity index (χ4n) is 4.66. The van der Waals surface area contributed by atoms with Gasteiger partial charge in [0.1, 0.15) is 5.60 Å². The summed E-state index contributed by atoms with van der Waals surface area (Å²) in [6, 6.07) is 20.1. The van der Waals surface area contributed by atoms with Crippen LogP contribution in [0.4, 0.5) is 4.79 Å². The van der Waals surface area contributed by atoms with Gasteiger partial charge in [-0.3, -0.25) is 4.79 Å². The number of hydrogen-bond acceptors (Lipinski definition) is 4. The lowest BCUT2D eigenvalue weighted by atomic mass is 9.71. The Kier molecular flexibility index (Phi) is 6.36. The minimum Gasteiger partial charge on any atom is -0.444 e. The van der Waals surface area contributed by atoms with Crippen molar-refractivity contribution in [3.8, 4) is 22.4 Å². The first-order valence-corrected chi connectivity index (χ1v) is 13.1. The molecule has 0 saturated heterocycles. The van der Waals surface area contributed by atoms with Gasteiger partial charge in [-0.15, -0.1) is 0 Å². The van der Waals surface area contributed by atoms with E-state index in [1.807, 2.05) is 69.3 Å². The zero-order valence-electron chi connectivity index (χ0n) is 20.5. The number of halogens is 1. The lowest BCUT2D eigenvalue weighted by Gasteiger charge is -2.43. The molecule has 184 valence electrons. The molecule has 0 unspecified atom stereocenters. The van der Waals surface area contributed by atoms with Crippen LogP contribution in [0.25, 0.3) is 33.3 Å². The van der Waals surface area contributed by atoms with Crippen molar-refractivity contribution in [1.82, 2.24) is 15.3 Å². The molecule has 7 heteroatoms. The quantitative estimate of drug-likeness (QED) is 0.256. The minimum atomic E-state index is -0.548. The van der Waals surface area contributed by atoms with Crippen LogP contribution >= 0.6 is 22.6 Å². The third kappa shape index (κ3) is 4.76. The number of aromatic amines is 1. The maximum atomic E-state index is 12.6. The topological polar surface area (TPSA) is 84.1 Å². The molecule has 1 fully saturated rings. The molecule has 0 aliphatic heterocycles. The van der Waals surface area contributed by atoms with Crippen LogP contribution in [0.3, 0.4) is 0 Å². The smallest absolute Gasteiger partial charge is 0.408 e. The number of aromatic nitrogens is 2. The highest BCUT2D eigenvalue weighted by Gasteiger charge is 2.41. The second-order valence-electron chi connectivity index (χ2n) is 10.3. The Morgan fingerprint density at radius 2 is 1.75 bits per heavy atom. The molecule has 2 aromatic carbocycles. The number of H-pyrrole nitrogens is 1. The normalized spacial score (nSPS) is 14.8. The van der Waals surface area contributed by atoms with Crippen LogP contribution in [0, 0.1) is 3.57 Å². The molecule has 2 aromatic heterocycles. The lowest BCUT2D eigenvalue weighted by molar-refractivity contribution is 0.0377. The Morgan fingerprint density at radius 1 is 1.06 bits per heavy atom. The molecule has 1 amide bonds. The summed E-state index contributed by atoms with van der Waals surface area (Å²) in [6.45, 7) is 5.60. The first kappa shape index (κ1) is 24.5. The molecule has 2 heterocycles. The van der Waals surface area contributed by atoms with Crippen molar-refractivity contribution in [3.05, 3.63) is 86.3 Å². The van der Waals surface area contributed by atoms with Gasteiger partial charge in [0, 0.05) is 17.3 Å². The van der Waals surface area contributed by atoms with E-state index < -0.39 is 17.2 Å². The van der Waals surface area contributed by atoms with Crippen LogP contribution in [-0.2, 0) is 10.3 Å². The van der Waals surface area contributed by atoms with Gasteiger partial charge in [0.25, 0.3) is 5.56 Å². The highest BCUT2D eigenvalue weighted by molar-refractivity contribution is 14.1. The zero-order chi connectivity index (χ0) is 25.5. The Morgan fingerprint density at radius 3 is 2.36 bits per heavy atom. The van der Waals surface area contributed by atoms with Crippen molar-refractivity contribution in [2.45, 2.75) is 51.2 Å². The van der Waals surface area contributed by atoms with E-state index in [-0.39, 0.29) is 5.56 Å². The maximum absolute atomic E-state index is 12.6. The average Bonchev–Trinajstić information content (AvgIpc) is 2.83. The summed E-state index contributed by atoms with van der Waals surface area (Å²) in [6.07, 6.45) is 4.09. The van der Waals surface area contributed by atoms with Gasteiger partial charge in [-0.25, -0.2) is 9.78 Å². The van der Waals surface area contributed by atoms with Crippen molar-refractivity contribution in [2.24, 2.45) is 0 Å². The summed E-state index contributed by atoms with van der Waals surface area (Å²) in [4.78, 5) is 32.9. The summed E-state index contributed by atoms with van der Waals surface area (Å²) in [5, 5.41) is 3.69. The number of alkyl carbamates (subject to hydrolysis) is 1. The number of rotatable bonds is 4. The number of hydrogen-bond donors (Lipinski definition) is 2. The first-order chi connectivity index (χ1) is 17.2. The summed E-state index contributed by atoms with van der Waals surface area (Å²) in [5.41, 5.74) is 4.26. The average molecular weight is 593 g/mol. The number of benzene rings is 2. The number of fused-ring (bicyclic) bond motifs is 1. The molecule has 6 nitrogen and oxygen atoms in total. The fraction of sp³-hybridized carbons (Fsp3) is 0.276. The monoisotopic (exact) mass is 593 g/mol. The number of nitrogens with one attached hydrogen (secondary N) is 2. The van der Waals surface area contributed by atoms with Gasteiger partial charge in [0.05, 0.1) is 25.7 Å². The van der Waals surface area contributed by atoms with E-state index in [1.165, 1.54) is 0 Å². The van der Waals surface area contributed by atoms with Gasteiger partial charge < -0.3 is 15.0 Å². The number of ether oxygens (including phenoxy) is 1. The highest BCUT2D eigenvalue weighted by Crippen LogP contribution is 2.42. The molecule has 0 bridgehead atoms. The Bertz CT molecular complexity index is 1480. The molecule has 0 radical (unpaired) electrons. The molecule has 0 atom stereocenters. The fourth-order valence-corrected chi connectivity index (χ4v) is 5.23. The van der Waals surface area contributed by atoms with E-state index in [9.17, 15) is 9.59 Å².